The van der Waals surface area contributed by atoms with Crippen molar-refractivity contribution >= 4 is 5.78 Å². The second-order valence-electron chi connectivity index (χ2n) is 5.61. The summed E-state index contributed by atoms with van der Waals surface area (Å²) in [5.74, 6) is 0.887. The number of Topliss-reactive ketones (excluding diaryl/α,β-unsaturated/α-hetero) is 1. The van der Waals surface area contributed by atoms with Gasteiger partial charge in [-0.25, -0.2) is 0 Å². The molecule has 0 spiro atoms. The van der Waals surface area contributed by atoms with Gasteiger partial charge < -0.3 is 0 Å². The maximum absolute atomic E-state index is 12.0. The minimum atomic E-state index is -0.298. The van der Waals surface area contributed by atoms with Crippen LogP contribution in [-0.4, -0.2) is 5.78 Å². The van der Waals surface area contributed by atoms with Crippen LogP contribution in [0.2, 0.25) is 0 Å². The summed E-state index contributed by atoms with van der Waals surface area (Å²) >= 11 is 0. The van der Waals surface area contributed by atoms with Crippen LogP contribution >= 0.6 is 0 Å². The standard InChI is InChI=1S/C15H22O.C3H8.C2H6/c1-5-8-14(6-2)15(13(4)16)10-7-9-12(3)11-15;1-3-2;1-2/h5-6,8,12H,1-2,7,9-11H2,3-4H3;3H2,1-2H3;1-2H3/b14-8+;;. The Labute approximate surface area is 133 Å². The van der Waals surface area contributed by atoms with Gasteiger partial charge in [0.1, 0.15) is 5.78 Å². The minimum Gasteiger partial charge on any atom is -0.299 e. The number of allylic oxidation sites excluding steroid dienone is 4. The van der Waals surface area contributed by atoms with Gasteiger partial charge in [-0.15, -0.1) is 0 Å². The molecule has 1 saturated carbocycles. The first-order chi connectivity index (χ1) is 9.98. The highest BCUT2D eigenvalue weighted by molar-refractivity contribution is 5.86. The molecule has 0 aliphatic heterocycles. The fraction of sp³-hybridized carbons (Fsp3) is 0.650. The van der Waals surface area contributed by atoms with Crippen molar-refractivity contribution in [3.05, 3.63) is 37.0 Å². The molecule has 0 saturated heterocycles. The molecule has 0 radical (unpaired) electrons. The second-order valence-corrected chi connectivity index (χ2v) is 5.61. The van der Waals surface area contributed by atoms with Crippen molar-refractivity contribution in [1.29, 1.82) is 0 Å². The van der Waals surface area contributed by atoms with Crippen molar-refractivity contribution < 1.29 is 4.79 Å². The Morgan fingerprint density at radius 2 is 1.81 bits per heavy atom. The van der Waals surface area contributed by atoms with Crippen molar-refractivity contribution in [2.24, 2.45) is 11.3 Å². The molecule has 0 N–H and O–H groups in total. The number of hydrogen-bond acceptors (Lipinski definition) is 1. The second kappa shape index (κ2) is 12.6. The smallest absolute Gasteiger partial charge is 0.140 e. The monoisotopic (exact) mass is 292 g/mol. The normalized spacial score (nSPS) is 24.7. The average molecular weight is 293 g/mol. The van der Waals surface area contributed by atoms with Gasteiger partial charge >= 0.3 is 0 Å². The Morgan fingerprint density at radius 3 is 2.14 bits per heavy atom. The van der Waals surface area contributed by atoms with Gasteiger partial charge in [0.05, 0.1) is 5.41 Å². The molecule has 21 heavy (non-hydrogen) atoms. The molecule has 0 amide bonds. The quantitative estimate of drug-likeness (QED) is 0.539. The first-order valence-electron chi connectivity index (χ1n) is 8.45. The summed E-state index contributed by atoms with van der Waals surface area (Å²) < 4.78 is 0. The van der Waals surface area contributed by atoms with E-state index in [0.717, 1.165) is 24.8 Å². The Bertz CT molecular complexity index is 338. The topological polar surface area (TPSA) is 17.1 Å². The average Bonchev–Trinajstić information content (AvgIpc) is 2.47. The summed E-state index contributed by atoms with van der Waals surface area (Å²) in [6.07, 6.45) is 11.0. The molecule has 2 atom stereocenters. The molecule has 1 aliphatic rings. The lowest BCUT2D eigenvalue weighted by molar-refractivity contribution is -0.126. The summed E-state index contributed by atoms with van der Waals surface area (Å²) in [6.45, 7) is 19.7. The molecule has 0 aromatic heterocycles. The van der Waals surface area contributed by atoms with Crippen LogP contribution < -0.4 is 0 Å². The lowest BCUT2D eigenvalue weighted by atomic mass is 9.63. The van der Waals surface area contributed by atoms with E-state index in [0.29, 0.717) is 5.92 Å². The van der Waals surface area contributed by atoms with E-state index in [1.165, 1.54) is 12.8 Å². The molecule has 0 heterocycles. The Kier molecular flexibility index (Phi) is 13.3. The van der Waals surface area contributed by atoms with Crippen LogP contribution in [0, 0.1) is 11.3 Å². The van der Waals surface area contributed by atoms with E-state index in [1.807, 2.05) is 26.0 Å². The fourth-order valence-corrected chi connectivity index (χ4v) is 2.89. The van der Waals surface area contributed by atoms with Gasteiger partial charge in [0.15, 0.2) is 0 Å². The lowest BCUT2D eigenvalue weighted by Crippen LogP contribution is -2.35. The van der Waals surface area contributed by atoms with Gasteiger partial charge in [-0.3, -0.25) is 4.79 Å². The van der Waals surface area contributed by atoms with Crippen LogP contribution in [0.3, 0.4) is 0 Å². The van der Waals surface area contributed by atoms with Gasteiger partial charge in [0.25, 0.3) is 0 Å². The minimum absolute atomic E-state index is 0.270. The highest BCUT2D eigenvalue weighted by Crippen LogP contribution is 2.45. The summed E-state index contributed by atoms with van der Waals surface area (Å²) in [5.41, 5.74) is 0.745. The number of hydrogen-bond donors (Lipinski definition) is 0. The van der Waals surface area contributed by atoms with Crippen LogP contribution in [0.15, 0.2) is 37.0 Å². The lowest BCUT2D eigenvalue weighted by Gasteiger charge is -2.39. The number of ketones is 1. The summed E-state index contributed by atoms with van der Waals surface area (Å²) in [4.78, 5) is 12.0. The molecule has 1 fully saturated rings. The van der Waals surface area contributed by atoms with Gasteiger partial charge in [0.2, 0.25) is 0 Å². The largest absolute Gasteiger partial charge is 0.299 e. The molecular formula is C20H36O. The zero-order valence-electron chi connectivity index (χ0n) is 15.2. The van der Waals surface area contributed by atoms with Crippen LogP contribution in [0.4, 0.5) is 0 Å². The Hall–Kier alpha value is -1.11. The van der Waals surface area contributed by atoms with Crippen molar-refractivity contribution in [3.63, 3.8) is 0 Å². The molecule has 1 rings (SSSR count). The predicted octanol–water partition coefficient (Wildman–Crippen LogP) is 6.51. The molecule has 0 aromatic carbocycles. The molecule has 1 heteroatoms. The van der Waals surface area contributed by atoms with Crippen LogP contribution in [0.25, 0.3) is 0 Å². The van der Waals surface area contributed by atoms with Crippen molar-refractivity contribution in [1.82, 2.24) is 0 Å². The first kappa shape index (κ1) is 22.2. The molecule has 122 valence electrons. The number of rotatable bonds is 4. The van der Waals surface area contributed by atoms with Gasteiger partial charge in [-0.2, -0.15) is 0 Å². The molecule has 1 nitrogen and oxygen atoms in total. The van der Waals surface area contributed by atoms with Gasteiger partial charge in [0, 0.05) is 0 Å². The van der Waals surface area contributed by atoms with Crippen LogP contribution in [0.5, 0.6) is 0 Å². The van der Waals surface area contributed by atoms with Crippen LogP contribution in [-0.2, 0) is 4.79 Å². The van der Waals surface area contributed by atoms with Crippen molar-refractivity contribution in [3.8, 4) is 0 Å². The maximum Gasteiger partial charge on any atom is 0.140 e. The third-order valence-electron chi connectivity index (χ3n) is 3.74. The molecular weight excluding hydrogens is 256 g/mol. The van der Waals surface area contributed by atoms with E-state index in [-0.39, 0.29) is 11.2 Å². The fourth-order valence-electron chi connectivity index (χ4n) is 2.89. The SMILES string of the molecule is C=C/C=C(\C=C)C1(C(C)=O)CCCC(C)C1.CC.CCC. The first-order valence-corrected chi connectivity index (χ1v) is 8.45. The van der Waals surface area contributed by atoms with E-state index in [2.05, 4.69) is 33.9 Å². The number of carbonyl (C=O) groups excluding carboxylic acids is 1. The third-order valence-corrected chi connectivity index (χ3v) is 3.74. The predicted molar refractivity (Wildman–Crippen MR) is 96.5 cm³/mol. The molecule has 0 bridgehead atoms. The summed E-state index contributed by atoms with van der Waals surface area (Å²) in [7, 11) is 0. The summed E-state index contributed by atoms with van der Waals surface area (Å²) in [6, 6.07) is 0. The zero-order valence-corrected chi connectivity index (χ0v) is 15.2. The highest BCUT2D eigenvalue weighted by Gasteiger charge is 2.40. The zero-order chi connectivity index (χ0) is 16.9. The maximum atomic E-state index is 12.0. The van der Waals surface area contributed by atoms with E-state index < -0.39 is 0 Å². The molecule has 0 aromatic rings. The summed E-state index contributed by atoms with van der Waals surface area (Å²) in [5, 5.41) is 0. The van der Waals surface area contributed by atoms with E-state index >= 15 is 0 Å². The number of carbonyl (C=O) groups is 1. The van der Waals surface area contributed by atoms with E-state index in [4.69, 9.17) is 0 Å². The van der Waals surface area contributed by atoms with Gasteiger partial charge in [-0.05, 0) is 31.3 Å². The third kappa shape index (κ3) is 6.93. The van der Waals surface area contributed by atoms with Crippen molar-refractivity contribution in [2.75, 3.05) is 0 Å². The molecule has 1 aliphatic carbocycles. The Balaban J connectivity index is 0. The van der Waals surface area contributed by atoms with Gasteiger partial charge in [-0.1, -0.05) is 85.3 Å². The van der Waals surface area contributed by atoms with E-state index in [9.17, 15) is 4.79 Å². The highest BCUT2D eigenvalue weighted by atomic mass is 16.1. The Morgan fingerprint density at radius 1 is 1.29 bits per heavy atom. The van der Waals surface area contributed by atoms with Crippen molar-refractivity contribution in [2.45, 2.75) is 73.6 Å². The van der Waals surface area contributed by atoms with E-state index in [1.54, 1.807) is 13.0 Å². The molecule has 2 unspecified atom stereocenters. The van der Waals surface area contributed by atoms with Crippen LogP contribution in [0.1, 0.15) is 73.6 Å².